The molecule has 1 aromatic rings. The molecule has 146 valence electrons. The Morgan fingerprint density at radius 1 is 1.15 bits per heavy atom. The number of hydrogen-bond acceptors (Lipinski definition) is 3. The third kappa shape index (κ3) is 4.21. The molecule has 3 aliphatic heterocycles. The van der Waals surface area contributed by atoms with Crippen molar-refractivity contribution in [3.05, 3.63) is 35.9 Å². The molecule has 0 saturated carbocycles. The number of hydrogen-bond donors (Lipinski definition) is 0. The largest absolute Gasteiger partial charge is 0.483 e. The summed E-state index contributed by atoms with van der Waals surface area (Å²) in [6, 6.07) is 8.22. The number of fused-ring (bicyclic) bond motifs is 1. The number of piperidine rings is 1. The van der Waals surface area contributed by atoms with Crippen molar-refractivity contribution < 1.29 is 9.53 Å². The van der Waals surface area contributed by atoms with Gasteiger partial charge in [-0.1, -0.05) is 31.2 Å². The van der Waals surface area contributed by atoms with E-state index >= 15 is 0 Å². The number of carbonyl (C=O) groups excluding carboxylic acids is 1. The second kappa shape index (κ2) is 8.05. The van der Waals surface area contributed by atoms with Crippen molar-refractivity contribution in [1.82, 2.24) is 9.80 Å². The first-order chi connectivity index (χ1) is 13.2. The lowest BCUT2D eigenvalue weighted by molar-refractivity contribution is -0.132. The molecule has 0 N–H and O–H groups in total. The van der Waals surface area contributed by atoms with Crippen LogP contribution in [0.5, 0.6) is 5.75 Å². The first kappa shape index (κ1) is 18.5. The van der Waals surface area contributed by atoms with Crippen molar-refractivity contribution in [3.63, 3.8) is 0 Å². The molecule has 1 aromatic carbocycles. The highest BCUT2D eigenvalue weighted by atomic mass is 16.5. The molecule has 4 heteroatoms. The summed E-state index contributed by atoms with van der Waals surface area (Å²) in [6.07, 6.45) is 10.4. The zero-order valence-corrected chi connectivity index (χ0v) is 16.5. The van der Waals surface area contributed by atoms with Gasteiger partial charge in [-0.2, -0.15) is 0 Å². The standard InChI is InChI=1S/C23H32N2O2/c1-2-24-15-9-19(10-16-24)18-22(26)25-14-5-11-23(13-17-25)12-8-20-6-3-4-7-21(20)27-23/h3-4,6-8,12,19H,2,5,9-11,13-18H2,1H3/t23-/m0/s1. The summed E-state index contributed by atoms with van der Waals surface area (Å²) in [5, 5.41) is 0. The second-order valence-electron chi connectivity index (χ2n) is 8.35. The minimum absolute atomic E-state index is 0.240. The zero-order valence-electron chi connectivity index (χ0n) is 16.5. The molecular weight excluding hydrogens is 336 g/mol. The van der Waals surface area contributed by atoms with E-state index in [0.29, 0.717) is 11.8 Å². The normalized spacial score (nSPS) is 26.5. The van der Waals surface area contributed by atoms with Gasteiger partial charge in [-0.05, 0) is 63.4 Å². The maximum atomic E-state index is 12.9. The summed E-state index contributed by atoms with van der Waals surface area (Å²) >= 11 is 0. The fourth-order valence-corrected chi connectivity index (χ4v) is 4.74. The number of amides is 1. The predicted octanol–water partition coefficient (Wildman–Crippen LogP) is 3.97. The molecule has 0 radical (unpaired) electrons. The summed E-state index contributed by atoms with van der Waals surface area (Å²) in [5.74, 6) is 1.89. The van der Waals surface area contributed by atoms with Crippen LogP contribution in [0.4, 0.5) is 0 Å². The van der Waals surface area contributed by atoms with E-state index in [-0.39, 0.29) is 5.60 Å². The van der Waals surface area contributed by atoms with Crippen LogP contribution in [0.3, 0.4) is 0 Å². The maximum Gasteiger partial charge on any atom is 0.222 e. The van der Waals surface area contributed by atoms with E-state index in [2.05, 4.69) is 41.0 Å². The molecule has 0 aromatic heterocycles. The smallest absolute Gasteiger partial charge is 0.222 e. The molecule has 2 fully saturated rings. The monoisotopic (exact) mass is 368 g/mol. The van der Waals surface area contributed by atoms with Crippen LogP contribution in [0.1, 0.15) is 51.0 Å². The first-order valence-electron chi connectivity index (χ1n) is 10.6. The highest BCUT2D eigenvalue weighted by molar-refractivity contribution is 5.76. The van der Waals surface area contributed by atoms with Crippen LogP contribution in [0, 0.1) is 5.92 Å². The molecule has 4 nitrogen and oxygen atoms in total. The maximum absolute atomic E-state index is 12.9. The number of nitrogens with zero attached hydrogens (tertiary/aromatic N) is 2. The van der Waals surface area contributed by atoms with E-state index in [9.17, 15) is 4.79 Å². The minimum Gasteiger partial charge on any atom is -0.483 e. The van der Waals surface area contributed by atoms with Crippen molar-refractivity contribution in [1.29, 1.82) is 0 Å². The molecule has 3 heterocycles. The molecular formula is C23H32N2O2. The Morgan fingerprint density at radius 3 is 2.78 bits per heavy atom. The first-order valence-corrected chi connectivity index (χ1v) is 10.6. The third-order valence-electron chi connectivity index (χ3n) is 6.60. The molecule has 0 unspecified atom stereocenters. The number of likely N-dealkylation sites (tertiary alicyclic amines) is 2. The molecule has 0 aliphatic carbocycles. The number of rotatable bonds is 3. The van der Waals surface area contributed by atoms with Crippen LogP contribution >= 0.6 is 0 Å². The summed E-state index contributed by atoms with van der Waals surface area (Å²) in [7, 11) is 0. The highest BCUT2D eigenvalue weighted by Crippen LogP contribution is 2.37. The van der Waals surface area contributed by atoms with Crippen LogP contribution in [-0.2, 0) is 4.79 Å². The number of benzene rings is 1. The van der Waals surface area contributed by atoms with Gasteiger partial charge in [0.2, 0.25) is 5.91 Å². The predicted molar refractivity (Wildman–Crippen MR) is 109 cm³/mol. The van der Waals surface area contributed by atoms with E-state index in [1.54, 1.807) is 0 Å². The Labute approximate surface area is 163 Å². The second-order valence-corrected chi connectivity index (χ2v) is 8.35. The van der Waals surface area contributed by atoms with Gasteiger partial charge in [0.05, 0.1) is 0 Å². The van der Waals surface area contributed by atoms with Gasteiger partial charge in [-0.25, -0.2) is 0 Å². The molecule has 27 heavy (non-hydrogen) atoms. The van der Waals surface area contributed by atoms with Gasteiger partial charge < -0.3 is 14.5 Å². The lowest BCUT2D eigenvalue weighted by Gasteiger charge is -2.34. The Bertz CT molecular complexity index is 693. The van der Waals surface area contributed by atoms with E-state index in [1.807, 2.05) is 12.1 Å². The quantitative estimate of drug-likeness (QED) is 0.809. The van der Waals surface area contributed by atoms with E-state index in [4.69, 9.17) is 4.74 Å². The van der Waals surface area contributed by atoms with Crippen molar-refractivity contribution >= 4 is 12.0 Å². The van der Waals surface area contributed by atoms with Crippen molar-refractivity contribution in [2.45, 2.75) is 51.0 Å². The Kier molecular flexibility index (Phi) is 5.53. The van der Waals surface area contributed by atoms with Crippen LogP contribution < -0.4 is 4.74 Å². The molecule has 4 rings (SSSR count). The SMILES string of the molecule is CCN1CCC(CC(=O)N2CCC[C@]3(C=Cc4ccccc4O3)CC2)CC1. The van der Waals surface area contributed by atoms with Gasteiger partial charge in [-0.15, -0.1) is 0 Å². The van der Waals surface area contributed by atoms with Gasteiger partial charge in [0.25, 0.3) is 0 Å². The third-order valence-corrected chi connectivity index (χ3v) is 6.60. The van der Waals surface area contributed by atoms with E-state index in [1.165, 1.54) is 12.8 Å². The van der Waals surface area contributed by atoms with Gasteiger partial charge in [-0.3, -0.25) is 4.79 Å². The molecule has 1 atom stereocenters. The van der Waals surface area contributed by atoms with Crippen LogP contribution in [-0.4, -0.2) is 54.0 Å². The Balaban J connectivity index is 1.33. The Morgan fingerprint density at radius 2 is 1.96 bits per heavy atom. The van der Waals surface area contributed by atoms with Crippen molar-refractivity contribution in [2.24, 2.45) is 5.92 Å². The molecule has 2 saturated heterocycles. The fraction of sp³-hybridized carbons (Fsp3) is 0.609. The zero-order chi connectivity index (χ0) is 18.7. The minimum atomic E-state index is -0.240. The van der Waals surface area contributed by atoms with E-state index < -0.39 is 0 Å². The molecule has 0 bridgehead atoms. The number of carbonyl (C=O) groups is 1. The lowest BCUT2D eigenvalue weighted by atomic mass is 9.91. The van der Waals surface area contributed by atoms with Gasteiger partial charge in [0.1, 0.15) is 11.4 Å². The summed E-state index contributed by atoms with van der Waals surface area (Å²) in [5.41, 5.74) is 0.911. The lowest BCUT2D eigenvalue weighted by Crippen LogP contribution is -2.39. The number of para-hydroxylation sites is 1. The highest BCUT2D eigenvalue weighted by Gasteiger charge is 2.36. The Hall–Kier alpha value is -1.81. The van der Waals surface area contributed by atoms with Crippen LogP contribution in [0.15, 0.2) is 30.3 Å². The summed E-state index contributed by atoms with van der Waals surface area (Å²) < 4.78 is 6.41. The molecule has 3 aliphatic rings. The molecule has 1 amide bonds. The fourth-order valence-electron chi connectivity index (χ4n) is 4.74. The van der Waals surface area contributed by atoms with Crippen molar-refractivity contribution in [2.75, 3.05) is 32.7 Å². The average Bonchev–Trinajstić information content (AvgIpc) is 2.91. The van der Waals surface area contributed by atoms with Crippen LogP contribution in [0.25, 0.3) is 6.08 Å². The summed E-state index contributed by atoms with van der Waals surface area (Å²) in [4.78, 5) is 17.5. The average molecular weight is 369 g/mol. The van der Waals surface area contributed by atoms with Crippen molar-refractivity contribution in [3.8, 4) is 5.75 Å². The van der Waals surface area contributed by atoms with Crippen LogP contribution in [0.2, 0.25) is 0 Å². The van der Waals surface area contributed by atoms with Gasteiger partial charge in [0, 0.05) is 31.5 Å². The summed E-state index contributed by atoms with van der Waals surface area (Å²) in [6.45, 7) is 7.32. The molecule has 1 spiro atoms. The van der Waals surface area contributed by atoms with E-state index in [0.717, 1.165) is 69.7 Å². The van der Waals surface area contributed by atoms with Gasteiger partial charge in [0.15, 0.2) is 0 Å². The number of ether oxygens (including phenoxy) is 1. The van der Waals surface area contributed by atoms with Gasteiger partial charge >= 0.3 is 0 Å². The topological polar surface area (TPSA) is 32.8 Å².